The van der Waals surface area contributed by atoms with E-state index in [2.05, 4.69) is 17.0 Å². The lowest BCUT2D eigenvalue weighted by molar-refractivity contribution is 0.318. The average Bonchev–Trinajstić information content (AvgIpc) is 2.35. The molecule has 0 saturated heterocycles. The van der Waals surface area contributed by atoms with E-state index in [9.17, 15) is 0 Å². The Labute approximate surface area is 96.4 Å². The number of rotatable bonds is 5. The molecule has 1 rings (SSSR count). The van der Waals surface area contributed by atoms with Crippen molar-refractivity contribution in [1.29, 1.82) is 0 Å². The van der Waals surface area contributed by atoms with Crippen LogP contribution in [0.1, 0.15) is 25.3 Å². The Morgan fingerprint density at radius 2 is 2.12 bits per heavy atom. The van der Waals surface area contributed by atoms with Crippen LogP contribution >= 0.6 is 0 Å². The molecule has 1 aromatic carbocycles. The zero-order chi connectivity index (χ0) is 12.0. The molecule has 0 aliphatic heterocycles. The molecule has 0 spiro atoms. The van der Waals surface area contributed by atoms with E-state index in [0.29, 0.717) is 0 Å². The molecule has 0 aliphatic carbocycles. The van der Waals surface area contributed by atoms with Crippen LogP contribution in [0.4, 0.5) is 5.69 Å². The summed E-state index contributed by atoms with van der Waals surface area (Å²) in [7, 11) is 2.01. The van der Waals surface area contributed by atoms with Crippen molar-refractivity contribution in [2.75, 3.05) is 18.5 Å². The Kier molecular flexibility index (Phi) is 4.64. The Bertz CT molecular complexity index is 363. The van der Waals surface area contributed by atoms with E-state index in [1.54, 1.807) is 0 Å². The largest absolute Gasteiger partial charge is 0.409 e. The molecular formula is C12H19N3O. The third-order valence-corrected chi connectivity index (χ3v) is 2.55. The summed E-state index contributed by atoms with van der Waals surface area (Å²) in [5, 5.41) is 11.8. The summed E-state index contributed by atoms with van der Waals surface area (Å²) < 4.78 is 0. The second-order valence-electron chi connectivity index (χ2n) is 3.78. The van der Waals surface area contributed by atoms with Gasteiger partial charge in [-0.1, -0.05) is 30.6 Å². The SMILES string of the molecule is CCCCN(C)c1ccccc1/C(N)=N\O. The smallest absolute Gasteiger partial charge is 0.172 e. The van der Waals surface area contributed by atoms with E-state index >= 15 is 0 Å². The van der Waals surface area contributed by atoms with Crippen molar-refractivity contribution in [2.45, 2.75) is 19.8 Å². The molecule has 4 nitrogen and oxygen atoms in total. The van der Waals surface area contributed by atoms with Crippen molar-refractivity contribution in [3.05, 3.63) is 29.8 Å². The topological polar surface area (TPSA) is 61.8 Å². The van der Waals surface area contributed by atoms with Gasteiger partial charge in [-0.05, 0) is 18.6 Å². The number of nitrogens with zero attached hydrogens (tertiary/aromatic N) is 2. The number of benzene rings is 1. The summed E-state index contributed by atoms with van der Waals surface area (Å²) >= 11 is 0. The Hall–Kier alpha value is -1.71. The third kappa shape index (κ3) is 2.89. The number of unbranched alkanes of at least 4 members (excludes halogenated alkanes) is 1. The molecule has 0 heterocycles. The third-order valence-electron chi connectivity index (χ3n) is 2.55. The molecule has 88 valence electrons. The van der Waals surface area contributed by atoms with Crippen molar-refractivity contribution >= 4 is 11.5 Å². The summed E-state index contributed by atoms with van der Waals surface area (Å²) in [5.41, 5.74) is 7.39. The maximum atomic E-state index is 8.71. The van der Waals surface area contributed by atoms with Gasteiger partial charge in [0.25, 0.3) is 0 Å². The first-order chi connectivity index (χ1) is 7.70. The summed E-state index contributed by atoms with van der Waals surface area (Å²) in [5.74, 6) is 0.152. The maximum absolute atomic E-state index is 8.71. The molecule has 0 atom stereocenters. The minimum absolute atomic E-state index is 0.152. The molecule has 1 aromatic rings. The molecule has 0 aliphatic rings. The number of hydrogen-bond acceptors (Lipinski definition) is 3. The van der Waals surface area contributed by atoms with Gasteiger partial charge in [0.2, 0.25) is 0 Å². The van der Waals surface area contributed by atoms with E-state index in [1.165, 1.54) is 0 Å². The lowest BCUT2D eigenvalue weighted by Gasteiger charge is -2.21. The van der Waals surface area contributed by atoms with Crippen LogP contribution in [0.5, 0.6) is 0 Å². The second kappa shape index (κ2) is 6.00. The van der Waals surface area contributed by atoms with E-state index < -0.39 is 0 Å². The van der Waals surface area contributed by atoms with Gasteiger partial charge in [-0.25, -0.2) is 0 Å². The van der Waals surface area contributed by atoms with E-state index in [1.807, 2.05) is 31.3 Å². The van der Waals surface area contributed by atoms with Gasteiger partial charge in [0, 0.05) is 24.8 Å². The van der Waals surface area contributed by atoms with Crippen molar-refractivity contribution < 1.29 is 5.21 Å². The Morgan fingerprint density at radius 1 is 1.44 bits per heavy atom. The van der Waals surface area contributed by atoms with Crippen molar-refractivity contribution in [3.63, 3.8) is 0 Å². The van der Waals surface area contributed by atoms with Crippen LogP contribution in [0.2, 0.25) is 0 Å². The van der Waals surface area contributed by atoms with Crippen LogP contribution in [0.15, 0.2) is 29.4 Å². The second-order valence-corrected chi connectivity index (χ2v) is 3.78. The van der Waals surface area contributed by atoms with Crippen LogP contribution in [-0.2, 0) is 0 Å². The highest BCUT2D eigenvalue weighted by molar-refractivity contribution is 6.02. The highest BCUT2D eigenvalue weighted by Gasteiger charge is 2.09. The highest BCUT2D eigenvalue weighted by atomic mass is 16.4. The van der Waals surface area contributed by atoms with Gasteiger partial charge in [-0.15, -0.1) is 0 Å². The molecule has 0 amide bonds. The summed E-state index contributed by atoms with van der Waals surface area (Å²) in [6.45, 7) is 3.12. The predicted molar refractivity (Wildman–Crippen MR) is 67.1 cm³/mol. The lowest BCUT2D eigenvalue weighted by Crippen LogP contribution is -2.23. The van der Waals surface area contributed by atoms with Gasteiger partial charge in [0.05, 0.1) is 0 Å². The van der Waals surface area contributed by atoms with E-state index in [-0.39, 0.29) is 5.84 Å². The van der Waals surface area contributed by atoms with Crippen LogP contribution in [0, 0.1) is 0 Å². The molecule has 0 saturated carbocycles. The quantitative estimate of drug-likeness (QED) is 0.346. The van der Waals surface area contributed by atoms with Gasteiger partial charge in [0.1, 0.15) is 0 Å². The minimum atomic E-state index is 0.152. The first-order valence-electron chi connectivity index (χ1n) is 5.48. The molecule has 0 aromatic heterocycles. The summed E-state index contributed by atoms with van der Waals surface area (Å²) in [6.07, 6.45) is 2.27. The predicted octanol–water partition coefficient (Wildman–Crippen LogP) is 2.02. The number of oxime groups is 1. The summed E-state index contributed by atoms with van der Waals surface area (Å²) in [4.78, 5) is 2.12. The molecule has 4 heteroatoms. The van der Waals surface area contributed by atoms with Crippen molar-refractivity contribution in [3.8, 4) is 0 Å². The van der Waals surface area contributed by atoms with Crippen molar-refractivity contribution in [2.24, 2.45) is 10.9 Å². The zero-order valence-corrected chi connectivity index (χ0v) is 9.85. The molecule has 0 radical (unpaired) electrons. The van der Waals surface area contributed by atoms with E-state index in [0.717, 1.165) is 30.6 Å². The van der Waals surface area contributed by atoms with Gasteiger partial charge in [0.15, 0.2) is 5.84 Å². The van der Waals surface area contributed by atoms with Gasteiger partial charge >= 0.3 is 0 Å². The standard InChI is InChI=1S/C12H19N3O/c1-3-4-9-15(2)11-8-6-5-7-10(11)12(13)14-16/h5-8,16H,3-4,9H2,1-2H3,(H2,13,14). The number of hydrogen-bond donors (Lipinski definition) is 2. The molecule has 16 heavy (non-hydrogen) atoms. The molecular weight excluding hydrogens is 202 g/mol. The minimum Gasteiger partial charge on any atom is -0.409 e. The number of nitrogens with two attached hydrogens (primary N) is 1. The fourth-order valence-electron chi connectivity index (χ4n) is 1.59. The Morgan fingerprint density at radius 3 is 2.75 bits per heavy atom. The van der Waals surface area contributed by atoms with Crippen molar-refractivity contribution in [1.82, 2.24) is 0 Å². The number of amidine groups is 1. The highest BCUT2D eigenvalue weighted by Crippen LogP contribution is 2.19. The molecule has 0 fully saturated rings. The lowest BCUT2D eigenvalue weighted by atomic mass is 10.1. The van der Waals surface area contributed by atoms with Crippen LogP contribution in [-0.4, -0.2) is 24.6 Å². The fraction of sp³-hybridized carbons (Fsp3) is 0.417. The maximum Gasteiger partial charge on any atom is 0.172 e. The monoisotopic (exact) mass is 221 g/mol. The first kappa shape index (κ1) is 12.4. The molecule has 0 bridgehead atoms. The first-order valence-corrected chi connectivity index (χ1v) is 5.48. The van der Waals surface area contributed by atoms with Gasteiger partial charge in [-0.2, -0.15) is 0 Å². The van der Waals surface area contributed by atoms with Gasteiger partial charge < -0.3 is 15.8 Å². The number of anilines is 1. The normalized spacial score (nSPS) is 11.5. The molecule has 0 unspecified atom stereocenters. The zero-order valence-electron chi connectivity index (χ0n) is 9.85. The van der Waals surface area contributed by atoms with Crippen LogP contribution in [0.3, 0.4) is 0 Å². The molecule has 3 N–H and O–H groups in total. The van der Waals surface area contributed by atoms with Gasteiger partial charge in [-0.3, -0.25) is 0 Å². The number of para-hydroxylation sites is 1. The van der Waals surface area contributed by atoms with Crippen LogP contribution < -0.4 is 10.6 Å². The Balaban J connectivity index is 2.94. The fourth-order valence-corrected chi connectivity index (χ4v) is 1.59. The average molecular weight is 221 g/mol. The summed E-state index contributed by atoms with van der Waals surface area (Å²) in [6, 6.07) is 7.66. The van der Waals surface area contributed by atoms with E-state index in [4.69, 9.17) is 10.9 Å². The van der Waals surface area contributed by atoms with Crippen LogP contribution in [0.25, 0.3) is 0 Å².